The van der Waals surface area contributed by atoms with E-state index in [0.29, 0.717) is 0 Å². The lowest BCUT2D eigenvalue weighted by atomic mass is 10.3. The van der Waals surface area contributed by atoms with Gasteiger partial charge < -0.3 is 15.3 Å². The summed E-state index contributed by atoms with van der Waals surface area (Å²) in [4.78, 5) is 22.9. The van der Waals surface area contributed by atoms with Crippen LogP contribution in [0.1, 0.15) is 6.42 Å². The second-order valence-electron chi connectivity index (χ2n) is 3.26. The van der Waals surface area contributed by atoms with E-state index in [4.69, 9.17) is 5.11 Å². The molecular weight excluding hydrogens is 204 g/mol. The van der Waals surface area contributed by atoms with Gasteiger partial charge in [-0.05, 0) is 12.2 Å². The van der Waals surface area contributed by atoms with Gasteiger partial charge in [0.05, 0.1) is 0 Å². The predicted octanol–water partition coefficient (Wildman–Crippen LogP) is 0.218. The molecule has 1 aliphatic heterocycles. The average molecular weight is 218 g/mol. The quantitative estimate of drug-likeness (QED) is 0.711. The first-order valence-corrected chi connectivity index (χ1v) is 5.56. The zero-order valence-electron chi connectivity index (χ0n) is 8.02. The number of amides is 2. The van der Waals surface area contributed by atoms with Crippen LogP contribution in [0.5, 0.6) is 0 Å². The Bertz CT molecular complexity index is 229. The largest absolute Gasteiger partial charge is 0.480 e. The van der Waals surface area contributed by atoms with E-state index in [-0.39, 0.29) is 18.6 Å². The van der Waals surface area contributed by atoms with Crippen molar-refractivity contribution in [3.63, 3.8) is 0 Å². The predicted molar refractivity (Wildman–Crippen MR) is 54.5 cm³/mol. The summed E-state index contributed by atoms with van der Waals surface area (Å²) in [6.45, 7) is -0.258. The molecule has 80 valence electrons. The minimum absolute atomic E-state index is 0.198. The Hall–Kier alpha value is -0.910. The van der Waals surface area contributed by atoms with Crippen LogP contribution in [0.4, 0.5) is 4.79 Å². The number of carboxylic acid groups (broad SMARTS) is 1. The fourth-order valence-electron chi connectivity index (χ4n) is 1.21. The molecule has 0 bridgehead atoms. The van der Waals surface area contributed by atoms with Crippen molar-refractivity contribution in [3.8, 4) is 0 Å². The molecule has 1 saturated heterocycles. The van der Waals surface area contributed by atoms with Gasteiger partial charge in [-0.25, -0.2) is 4.79 Å². The minimum Gasteiger partial charge on any atom is -0.480 e. The highest BCUT2D eigenvalue weighted by Gasteiger charge is 2.20. The van der Waals surface area contributed by atoms with E-state index in [0.717, 1.165) is 17.9 Å². The number of thioether (sulfide) groups is 1. The van der Waals surface area contributed by atoms with E-state index in [9.17, 15) is 9.59 Å². The SMILES string of the molecule is CN(CC(=O)O)C(=O)NC1CCSC1. The second-order valence-corrected chi connectivity index (χ2v) is 4.41. The van der Waals surface area contributed by atoms with Crippen molar-refractivity contribution in [1.82, 2.24) is 10.2 Å². The number of aliphatic carboxylic acids is 1. The van der Waals surface area contributed by atoms with E-state index < -0.39 is 5.97 Å². The fraction of sp³-hybridized carbons (Fsp3) is 0.750. The molecule has 1 fully saturated rings. The lowest BCUT2D eigenvalue weighted by Crippen LogP contribution is -2.44. The molecule has 14 heavy (non-hydrogen) atoms. The lowest BCUT2D eigenvalue weighted by molar-refractivity contribution is -0.137. The zero-order valence-corrected chi connectivity index (χ0v) is 8.84. The van der Waals surface area contributed by atoms with Crippen molar-refractivity contribution in [1.29, 1.82) is 0 Å². The topological polar surface area (TPSA) is 69.6 Å². The van der Waals surface area contributed by atoms with E-state index >= 15 is 0 Å². The van der Waals surface area contributed by atoms with Gasteiger partial charge in [0.25, 0.3) is 0 Å². The summed E-state index contributed by atoms with van der Waals surface area (Å²) in [5.74, 6) is 0.990. The van der Waals surface area contributed by atoms with Crippen molar-refractivity contribution < 1.29 is 14.7 Å². The maximum Gasteiger partial charge on any atom is 0.323 e. The number of hydrogen-bond donors (Lipinski definition) is 2. The van der Waals surface area contributed by atoms with Gasteiger partial charge in [0, 0.05) is 18.8 Å². The Morgan fingerprint density at radius 3 is 2.86 bits per heavy atom. The van der Waals surface area contributed by atoms with E-state index in [1.54, 1.807) is 11.8 Å². The number of nitrogens with zero attached hydrogens (tertiary/aromatic N) is 1. The molecule has 0 aliphatic carbocycles. The summed E-state index contributed by atoms with van der Waals surface area (Å²) in [5.41, 5.74) is 0. The fourth-order valence-corrected chi connectivity index (χ4v) is 2.36. The molecule has 6 heteroatoms. The third-order valence-electron chi connectivity index (χ3n) is 1.98. The van der Waals surface area contributed by atoms with Crippen LogP contribution < -0.4 is 5.32 Å². The summed E-state index contributed by atoms with van der Waals surface area (Å²) < 4.78 is 0. The third kappa shape index (κ3) is 3.45. The number of urea groups is 1. The Kier molecular flexibility index (Phi) is 4.06. The smallest absolute Gasteiger partial charge is 0.323 e. The minimum atomic E-state index is -0.997. The van der Waals surface area contributed by atoms with Crippen molar-refractivity contribution in [2.45, 2.75) is 12.5 Å². The maximum absolute atomic E-state index is 11.4. The van der Waals surface area contributed by atoms with Gasteiger partial charge in [0.15, 0.2) is 0 Å². The molecule has 0 aromatic rings. The normalized spacial score (nSPS) is 20.5. The molecule has 2 amide bonds. The van der Waals surface area contributed by atoms with Gasteiger partial charge in [-0.1, -0.05) is 0 Å². The molecule has 1 aliphatic rings. The average Bonchev–Trinajstić information content (AvgIpc) is 2.55. The number of hydrogen-bond acceptors (Lipinski definition) is 3. The first-order valence-electron chi connectivity index (χ1n) is 4.40. The van der Waals surface area contributed by atoms with Crippen LogP contribution >= 0.6 is 11.8 Å². The molecule has 0 radical (unpaired) electrons. The standard InChI is InChI=1S/C8H14N2O3S/c1-10(4-7(11)12)8(13)9-6-2-3-14-5-6/h6H,2-5H2,1H3,(H,9,13)(H,11,12). The third-order valence-corrected chi connectivity index (χ3v) is 3.14. The van der Waals surface area contributed by atoms with Crippen LogP contribution in [-0.4, -0.2) is 53.1 Å². The van der Waals surface area contributed by atoms with Crippen molar-refractivity contribution in [2.75, 3.05) is 25.1 Å². The first kappa shape index (κ1) is 11.2. The molecule has 0 aromatic heterocycles. The second kappa shape index (κ2) is 5.09. The number of rotatable bonds is 3. The Morgan fingerprint density at radius 2 is 2.36 bits per heavy atom. The Labute approximate surface area is 86.8 Å². The highest BCUT2D eigenvalue weighted by molar-refractivity contribution is 7.99. The highest BCUT2D eigenvalue weighted by Crippen LogP contribution is 2.16. The van der Waals surface area contributed by atoms with Crippen LogP contribution in [0.15, 0.2) is 0 Å². The molecule has 5 nitrogen and oxygen atoms in total. The van der Waals surface area contributed by atoms with Crippen LogP contribution in [0.3, 0.4) is 0 Å². The van der Waals surface area contributed by atoms with Crippen molar-refractivity contribution in [2.24, 2.45) is 0 Å². The van der Waals surface area contributed by atoms with E-state index in [2.05, 4.69) is 5.32 Å². The number of carbonyl (C=O) groups is 2. The molecule has 1 rings (SSSR count). The maximum atomic E-state index is 11.4. The van der Waals surface area contributed by atoms with Gasteiger partial charge in [-0.3, -0.25) is 4.79 Å². The Morgan fingerprint density at radius 1 is 1.64 bits per heavy atom. The van der Waals surface area contributed by atoms with Crippen molar-refractivity contribution in [3.05, 3.63) is 0 Å². The van der Waals surface area contributed by atoms with Crippen LogP contribution in [0.25, 0.3) is 0 Å². The summed E-state index contributed by atoms with van der Waals surface area (Å²) in [5, 5.41) is 11.3. The summed E-state index contributed by atoms with van der Waals surface area (Å²) in [7, 11) is 1.48. The van der Waals surface area contributed by atoms with Gasteiger partial charge in [0.1, 0.15) is 6.54 Å². The van der Waals surface area contributed by atoms with E-state index in [1.807, 2.05) is 0 Å². The van der Waals surface area contributed by atoms with Crippen molar-refractivity contribution >= 4 is 23.8 Å². The Balaban J connectivity index is 2.29. The monoisotopic (exact) mass is 218 g/mol. The zero-order chi connectivity index (χ0) is 10.6. The van der Waals surface area contributed by atoms with Crippen LogP contribution in [0, 0.1) is 0 Å². The van der Waals surface area contributed by atoms with Gasteiger partial charge in [-0.15, -0.1) is 0 Å². The number of carbonyl (C=O) groups excluding carboxylic acids is 1. The molecule has 0 spiro atoms. The molecule has 2 N–H and O–H groups in total. The first-order chi connectivity index (χ1) is 6.59. The molecule has 1 atom stereocenters. The lowest BCUT2D eigenvalue weighted by Gasteiger charge is -2.18. The summed E-state index contributed by atoms with van der Waals surface area (Å²) in [6, 6.07) is -0.108. The van der Waals surface area contributed by atoms with Crippen LogP contribution in [0.2, 0.25) is 0 Å². The van der Waals surface area contributed by atoms with Gasteiger partial charge in [0.2, 0.25) is 0 Å². The number of nitrogens with one attached hydrogen (secondary N) is 1. The van der Waals surface area contributed by atoms with Gasteiger partial charge >= 0.3 is 12.0 Å². The number of likely N-dealkylation sites (N-methyl/N-ethyl adjacent to an activating group) is 1. The highest BCUT2D eigenvalue weighted by atomic mass is 32.2. The molecular formula is C8H14N2O3S. The molecule has 0 saturated carbocycles. The summed E-state index contributed by atoms with van der Waals surface area (Å²) in [6.07, 6.45) is 0.970. The molecule has 0 aromatic carbocycles. The van der Waals surface area contributed by atoms with E-state index in [1.165, 1.54) is 11.9 Å². The molecule has 1 heterocycles. The molecule has 1 unspecified atom stereocenters. The summed E-state index contributed by atoms with van der Waals surface area (Å²) >= 11 is 1.80. The van der Waals surface area contributed by atoms with Gasteiger partial charge in [-0.2, -0.15) is 11.8 Å². The van der Waals surface area contributed by atoms with Crippen LogP contribution in [-0.2, 0) is 4.79 Å². The number of carboxylic acids is 1.